The number of nitrogens with zero attached hydrogens (tertiary/aromatic N) is 1. The Morgan fingerprint density at radius 3 is 2.62 bits per heavy atom. The van der Waals surface area contributed by atoms with Crippen molar-refractivity contribution in [1.29, 1.82) is 0 Å². The van der Waals surface area contributed by atoms with Gasteiger partial charge in [0.1, 0.15) is 6.04 Å². The maximum absolute atomic E-state index is 12.3. The lowest BCUT2D eigenvalue weighted by molar-refractivity contribution is -0.149. The van der Waals surface area contributed by atoms with E-state index in [1.807, 2.05) is 27.7 Å². The first-order valence-corrected chi connectivity index (χ1v) is 7.51. The minimum Gasteiger partial charge on any atom is -0.488 e. The Morgan fingerprint density at radius 1 is 1.33 bits per heavy atom. The molecule has 0 bridgehead atoms. The lowest BCUT2D eigenvalue weighted by Crippen LogP contribution is -2.31. The normalized spacial score (nSPS) is 12.2. The van der Waals surface area contributed by atoms with Crippen LogP contribution in [0.25, 0.3) is 0 Å². The number of ether oxygens (including phenoxy) is 2. The predicted octanol–water partition coefficient (Wildman–Crippen LogP) is 2.79. The molecule has 1 heterocycles. The van der Waals surface area contributed by atoms with Gasteiger partial charge in [0.15, 0.2) is 5.75 Å². The molecule has 1 atom stereocenters. The standard InChI is InChI=1S/C16H25NO4/c1-5-10-20-14-8-7-9-17(15(14)18)13(6-2)16(19)21-11-12(3)4/h7-9,12-13H,5-6,10-11H2,1-4H3. The van der Waals surface area contributed by atoms with Crippen LogP contribution in [-0.4, -0.2) is 23.8 Å². The van der Waals surface area contributed by atoms with Gasteiger partial charge in [0.25, 0.3) is 5.56 Å². The highest BCUT2D eigenvalue weighted by molar-refractivity contribution is 5.74. The minimum absolute atomic E-state index is 0.266. The van der Waals surface area contributed by atoms with Crippen molar-refractivity contribution in [3.63, 3.8) is 0 Å². The average molecular weight is 295 g/mol. The summed E-state index contributed by atoms with van der Waals surface area (Å²) in [5, 5.41) is 0. The Bertz CT molecular complexity index is 507. The number of esters is 1. The number of pyridine rings is 1. The van der Waals surface area contributed by atoms with Crippen molar-refractivity contribution in [2.45, 2.75) is 46.6 Å². The van der Waals surface area contributed by atoms with Crippen LogP contribution in [0.1, 0.15) is 46.6 Å². The second kappa shape index (κ2) is 8.49. The van der Waals surface area contributed by atoms with E-state index in [2.05, 4.69) is 0 Å². The summed E-state index contributed by atoms with van der Waals surface area (Å²) in [6.45, 7) is 8.61. The predicted molar refractivity (Wildman–Crippen MR) is 81.6 cm³/mol. The summed E-state index contributed by atoms with van der Waals surface area (Å²) in [4.78, 5) is 24.5. The van der Waals surface area contributed by atoms with E-state index in [1.54, 1.807) is 18.3 Å². The molecule has 21 heavy (non-hydrogen) atoms. The molecule has 5 heteroatoms. The van der Waals surface area contributed by atoms with Gasteiger partial charge in [-0.3, -0.25) is 9.36 Å². The number of hydrogen-bond donors (Lipinski definition) is 0. The van der Waals surface area contributed by atoms with Crippen LogP contribution in [0.15, 0.2) is 23.1 Å². The quantitative estimate of drug-likeness (QED) is 0.692. The van der Waals surface area contributed by atoms with Gasteiger partial charge in [0.05, 0.1) is 13.2 Å². The van der Waals surface area contributed by atoms with Gasteiger partial charge >= 0.3 is 5.97 Å². The molecule has 0 saturated carbocycles. The van der Waals surface area contributed by atoms with E-state index < -0.39 is 6.04 Å². The molecule has 0 aliphatic heterocycles. The Hall–Kier alpha value is -1.78. The second-order valence-electron chi connectivity index (χ2n) is 5.38. The van der Waals surface area contributed by atoms with Crippen molar-refractivity contribution in [2.75, 3.05) is 13.2 Å². The van der Waals surface area contributed by atoms with E-state index >= 15 is 0 Å². The van der Waals surface area contributed by atoms with Crippen LogP contribution in [-0.2, 0) is 9.53 Å². The topological polar surface area (TPSA) is 57.5 Å². The van der Waals surface area contributed by atoms with Gasteiger partial charge < -0.3 is 9.47 Å². The van der Waals surface area contributed by atoms with E-state index in [9.17, 15) is 9.59 Å². The molecule has 0 aromatic carbocycles. The Labute approximate surface area is 125 Å². The zero-order chi connectivity index (χ0) is 15.8. The summed E-state index contributed by atoms with van der Waals surface area (Å²) in [6, 6.07) is 2.73. The number of carbonyl (C=O) groups excluding carboxylic acids is 1. The van der Waals surface area contributed by atoms with Crippen molar-refractivity contribution in [3.8, 4) is 5.75 Å². The summed E-state index contributed by atoms with van der Waals surface area (Å²) < 4.78 is 12.1. The third-order valence-electron chi connectivity index (χ3n) is 2.95. The molecule has 1 aromatic heterocycles. The maximum Gasteiger partial charge on any atom is 0.329 e. The van der Waals surface area contributed by atoms with Crippen LogP contribution in [0, 0.1) is 5.92 Å². The van der Waals surface area contributed by atoms with Gasteiger partial charge in [-0.2, -0.15) is 0 Å². The van der Waals surface area contributed by atoms with Crippen LogP contribution in [0.3, 0.4) is 0 Å². The van der Waals surface area contributed by atoms with Gasteiger partial charge in [-0.05, 0) is 30.9 Å². The van der Waals surface area contributed by atoms with Gasteiger partial charge in [-0.25, -0.2) is 4.79 Å². The molecule has 1 rings (SSSR count). The summed E-state index contributed by atoms with van der Waals surface area (Å²) in [6.07, 6.45) is 2.92. The largest absolute Gasteiger partial charge is 0.488 e. The highest BCUT2D eigenvalue weighted by Crippen LogP contribution is 2.14. The average Bonchev–Trinajstić information content (AvgIpc) is 2.46. The smallest absolute Gasteiger partial charge is 0.329 e. The first-order chi connectivity index (χ1) is 10.0. The molecule has 118 valence electrons. The van der Waals surface area contributed by atoms with E-state index in [0.717, 1.165) is 6.42 Å². The molecule has 0 spiro atoms. The summed E-state index contributed by atoms with van der Waals surface area (Å²) in [7, 11) is 0. The Kier molecular flexibility index (Phi) is 6.99. The number of rotatable bonds is 8. The molecular weight excluding hydrogens is 270 g/mol. The van der Waals surface area contributed by atoms with Crippen molar-refractivity contribution in [1.82, 2.24) is 4.57 Å². The zero-order valence-electron chi connectivity index (χ0n) is 13.3. The van der Waals surface area contributed by atoms with Gasteiger partial charge in [0.2, 0.25) is 0 Å². The van der Waals surface area contributed by atoms with E-state index in [1.165, 1.54) is 4.57 Å². The molecule has 0 saturated heterocycles. The van der Waals surface area contributed by atoms with Crippen molar-refractivity contribution in [2.24, 2.45) is 5.92 Å². The molecule has 5 nitrogen and oxygen atoms in total. The molecular formula is C16H25NO4. The molecule has 0 amide bonds. The SMILES string of the molecule is CCCOc1cccn(C(CC)C(=O)OCC(C)C)c1=O. The fourth-order valence-electron chi connectivity index (χ4n) is 1.88. The fourth-order valence-corrected chi connectivity index (χ4v) is 1.88. The second-order valence-corrected chi connectivity index (χ2v) is 5.38. The monoisotopic (exact) mass is 295 g/mol. The molecule has 0 aliphatic rings. The molecule has 1 aromatic rings. The van der Waals surface area contributed by atoms with Crippen molar-refractivity contribution in [3.05, 3.63) is 28.7 Å². The Balaban J connectivity index is 2.95. The zero-order valence-corrected chi connectivity index (χ0v) is 13.3. The molecule has 0 aliphatic carbocycles. The third-order valence-corrected chi connectivity index (χ3v) is 2.95. The van der Waals surface area contributed by atoms with E-state index in [4.69, 9.17) is 9.47 Å². The van der Waals surface area contributed by atoms with E-state index in [0.29, 0.717) is 19.6 Å². The Morgan fingerprint density at radius 2 is 2.05 bits per heavy atom. The summed E-state index contributed by atoms with van der Waals surface area (Å²) >= 11 is 0. The van der Waals surface area contributed by atoms with Crippen LogP contribution >= 0.6 is 0 Å². The lowest BCUT2D eigenvalue weighted by Gasteiger charge is -2.18. The lowest BCUT2D eigenvalue weighted by atomic mass is 10.2. The van der Waals surface area contributed by atoms with Crippen molar-refractivity contribution >= 4 is 5.97 Å². The van der Waals surface area contributed by atoms with Gasteiger partial charge in [-0.1, -0.05) is 27.7 Å². The van der Waals surface area contributed by atoms with Crippen LogP contribution < -0.4 is 10.3 Å². The highest BCUT2D eigenvalue weighted by Gasteiger charge is 2.22. The fraction of sp³-hybridized carbons (Fsp3) is 0.625. The molecule has 0 fully saturated rings. The first kappa shape index (κ1) is 17.3. The van der Waals surface area contributed by atoms with Gasteiger partial charge in [0, 0.05) is 6.20 Å². The third kappa shape index (κ3) is 4.92. The number of hydrogen-bond acceptors (Lipinski definition) is 4. The van der Waals surface area contributed by atoms with Crippen LogP contribution in [0.5, 0.6) is 5.75 Å². The van der Waals surface area contributed by atoms with Gasteiger partial charge in [-0.15, -0.1) is 0 Å². The summed E-state index contributed by atoms with van der Waals surface area (Å²) in [5.74, 6) is 0.165. The molecule has 1 unspecified atom stereocenters. The highest BCUT2D eigenvalue weighted by atomic mass is 16.5. The molecule has 0 N–H and O–H groups in total. The maximum atomic E-state index is 12.3. The number of carbonyl (C=O) groups is 1. The van der Waals surface area contributed by atoms with Crippen LogP contribution in [0.4, 0.5) is 0 Å². The van der Waals surface area contributed by atoms with Crippen LogP contribution in [0.2, 0.25) is 0 Å². The molecule has 0 radical (unpaired) electrons. The van der Waals surface area contributed by atoms with E-state index in [-0.39, 0.29) is 23.2 Å². The summed E-state index contributed by atoms with van der Waals surface area (Å²) in [5.41, 5.74) is -0.292. The minimum atomic E-state index is -0.610. The first-order valence-electron chi connectivity index (χ1n) is 7.51. The number of aromatic nitrogens is 1. The van der Waals surface area contributed by atoms with Crippen molar-refractivity contribution < 1.29 is 14.3 Å².